The summed E-state index contributed by atoms with van der Waals surface area (Å²) in [5, 5.41) is 0. The molecule has 1 aliphatic heterocycles. The highest BCUT2D eigenvalue weighted by Crippen LogP contribution is 2.34. The molecule has 0 atom stereocenters. The molecule has 0 unspecified atom stereocenters. The molecule has 6 heteroatoms. The highest BCUT2D eigenvalue weighted by molar-refractivity contribution is 7.89. The van der Waals surface area contributed by atoms with E-state index < -0.39 is 10.0 Å². The maximum absolute atomic E-state index is 12.8. The van der Waals surface area contributed by atoms with Gasteiger partial charge in [-0.25, -0.2) is 8.42 Å². The first kappa shape index (κ1) is 15.5. The van der Waals surface area contributed by atoms with Gasteiger partial charge in [0, 0.05) is 37.1 Å². The van der Waals surface area contributed by atoms with Crippen LogP contribution in [0.1, 0.15) is 45.7 Å². The third-order valence-corrected chi connectivity index (χ3v) is 6.12. The molecule has 2 heterocycles. The van der Waals surface area contributed by atoms with Gasteiger partial charge in [0.15, 0.2) is 0 Å². The normalized spacial score (nSPS) is 19.6. The Morgan fingerprint density at radius 2 is 2.10 bits per heavy atom. The SMILES string of the molecule is CCCn1cc(S(=O)(=O)N2CCCC2(C)C)cc1CN. The van der Waals surface area contributed by atoms with Crippen molar-refractivity contribution in [2.75, 3.05) is 6.54 Å². The predicted octanol–water partition coefficient (Wildman–Crippen LogP) is 1.92. The van der Waals surface area contributed by atoms with Crippen LogP contribution in [0.15, 0.2) is 17.2 Å². The lowest BCUT2D eigenvalue weighted by Crippen LogP contribution is -2.42. The van der Waals surface area contributed by atoms with Crippen molar-refractivity contribution >= 4 is 10.0 Å². The molecule has 0 aliphatic carbocycles. The van der Waals surface area contributed by atoms with Crippen molar-refractivity contribution in [2.24, 2.45) is 5.73 Å². The maximum Gasteiger partial charge on any atom is 0.245 e. The quantitative estimate of drug-likeness (QED) is 0.903. The van der Waals surface area contributed by atoms with E-state index in [0.29, 0.717) is 18.0 Å². The van der Waals surface area contributed by atoms with E-state index in [1.807, 2.05) is 18.4 Å². The fourth-order valence-corrected chi connectivity index (χ4v) is 4.85. The van der Waals surface area contributed by atoms with E-state index in [4.69, 9.17) is 5.73 Å². The molecule has 2 rings (SSSR count). The minimum Gasteiger partial charge on any atom is -0.349 e. The summed E-state index contributed by atoms with van der Waals surface area (Å²) in [6.07, 6.45) is 4.52. The number of sulfonamides is 1. The Morgan fingerprint density at radius 3 is 2.60 bits per heavy atom. The molecule has 1 saturated heterocycles. The zero-order chi connectivity index (χ0) is 15.0. The van der Waals surface area contributed by atoms with E-state index in [-0.39, 0.29) is 5.54 Å². The van der Waals surface area contributed by atoms with Gasteiger partial charge in [0.1, 0.15) is 4.90 Å². The number of nitrogens with two attached hydrogens (primary N) is 1. The topological polar surface area (TPSA) is 68.3 Å². The monoisotopic (exact) mass is 299 g/mol. The highest BCUT2D eigenvalue weighted by atomic mass is 32.2. The van der Waals surface area contributed by atoms with Crippen molar-refractivity contribution in [2.45, 2.75) is 63.6 Å². The van der Waals surface area contributed by atoms with Gasteiger partial charge in [-0.05, 0) is 39.2 Å². The lowest BCUT2D eigenvalue weighted by Gasteiger charge is -2.30. The summed E-state index contributed by atoms with van der Waals surface area (Å²) in [5.41, 5.74) is 6.30. The van der Waals surface area contributed by atoms with Gasteiger partial charge in [-0.1, -0.05) is 6.92 Å². The van der Waals surface area contributed by atoms with Crippen molar-refractivity contribution in [1.82, 2.24) is 8.87 Å². The van der Waals surface area contributed by atoms with E-state index >= 15 is 0 Å². The predicted molar refractivity (Wildman–Crippen MR) is 79.8 cm³/mol. The number of hydrogen-bond acceptors (Lipinski definition) is 3. The number of aromatic nitrogens is 1. The standard InChI is InChI=1S/C14H25N3O2S/c1-4-7-16-11-13(9-12(16)10-15)20(18,19)17-8-5-6-14(17,2)3/h9,11H,4-8,10,15H2,1-3H3. The van der Waals surface area contributed by atoms with E-state index in [1.54, 1.807) is 16.6 Å². The van der Waals surface area contributed by atoms with Gasteiger partial charge in [-0.3, -0.25) is 0 Å². The molecule has 5 nitrogen and oxygen atoms in total. The number of hydrogen-bond donors (Lipinski definition) is 1. The molecular formula is C14H25N3O2S. The van der Waals surface area contributed by atoms with Crippen LogP contribution in [-0.2, 0) is 23.1 Å². The number of rotatable bonds is 5. The summed E-state index contributed by atoms with van der Waals surface area (Å²) in [5.74, 6) is 0. The van der Waals surface area contributed by atoms with Crippen molar-refractivity contribution in [1.29, 1.82) is 0 Å². The Hall–Kier alpha value is -0.850. The summed E-state index contributed by atoms with van der Waals surface area (Å²) in [6.45, 7) is 7.81. The second-order valence-corrected chi connectivity index (χ2v) is 7.92. The molecule has 2 N–H and O–H groups in total. The van der Waals surface area contributed by atoms with Crippen LogP contribution in [0, 0.1) is 0 Å². The smallest absolute Gasteiger partial charge is 0.245 e. The van der Waals surface area contributed by atoms with Gasteiger partial charge >= 0.3 is 0 Å². The van der Waals surface area contributed by atoms with Gasteiger partial charge in [-0.15, -0.1) is 0 Å². The second-order valence-electron chi connectivity index (χ2n) is 6.06. The molecule has 1 fully saturated rings. The minimum absolute atomic E-state index is 0.297. The van der Waals surface area contributed by atoms with E-state index in [0.717, 1.165) is 31.5 Å². The first-order valence-corrected chi connectivity index (χ1v) is 8.69. The van der Waals surface area contributed by atoms with Crippen LogP contribution in [0.3, 0.4) is 0 Å². The van der Waals surface area contributed by atoms with Crippen molar-refractivity contribution in [3.8, 4) is 0 Å². The van der Waals surface area contributed by atoms with Crippen LogP contribution in [0.2, 0.25) is 0 Å². The first-order chi connectivity index (χ1) is 9.32. The van der Waals surface area contributed by atoms with Gasteiger partial charge in [0.05, 0.1) is 0 Å². The van der Waals surface area contributed by atoms with Crippen molar-refractivity contribution in [3.05, 3.63) is 18.0 Å². The van der Waals surface area contributed by atoms with Crippen molar-refractivity contribution < 1.29 is 8.42 Å². The number of aryl methyl sites for hydroxylation is 1. The Balaban J connectivity index is 2.39. The minimum atomic E-state index is -3.42. The molecule has 114 valence electrons. The van der Waals surface area contributed by atoms with Gasteiger partial charge in [0.25, 0.3) is 0 Å². The summed E-state index contributed by atoms with van der Waals surface area (Å²) >= 11 is 0. The molecule has 0 bridgehead atoms. The lowest BCUT2D eigenvalue weighted by molar-refractivity contribution is 0.291. The van der Waals surface area contributed by atoms with E-state index in [2.05, 4.69) is 6.92 Å². The van der Waals surface area contributed by atoms with Crippen molar-refractivity contribution in [3.63, 3.8) is 0 Å². The Labute approximate surface area is 121 Å². The molecule has 20 heavy (non-hydrogen) atoms. The molecule has 0 aromatic carbocycles. The fraction of sp³-hybridized carbons (Fsp3) is 0.714. The highest BCUT2D eigenvalue weighted by Gasteiger charge is 2.41. The molecule has 0 spiro atoms. The summed E-state index contributed by atoms with van der Waals surface area (Å²) in [4.78, 5) is 0.376. The molecule has 1 aliphatic rings. The summed E-state index contributed by atoms with van der Waals surface area (Å²) < 4.78 is 29.2. The van der Waals surface area contributed by atoms with Crippen LogP contribution in [0.25, 0.3) is 0 Å². The lowest BCUT2D eigenvalue weighted by atomic mass is 10.0. The molecule has 0 amide bonds. The second kappa shape index (κ2) is 5.50. The Kier molecular flexibility index (Phi) is 4.27. The molecule has 1 aromatic heterocycles. The fourth-order valence-electron chi connectivity index (χ4n) is 2.94. The van der Waals surface area contributed by atoms with E-state index in [9.17, 15) is 8.42 Å². The zero-order valence-corrected chi connectivity index (χ0v) is 13.4. The average Bonchev–Trinajstić information content (AvgIpc) is 2.93. The molecule has 0 radical (unpaired) electrons. The number of nitrogens with zero attached hydrogens (tertiary/aromatic N) is 2. The largest absolute Gasteiger partial charge is 0.349 e. The van der Waals surface area contributed by atoms with E-state index in [1.165, 1.54) is 0 Å². The van der Waals surface area contributed by atoms with Crippen LogP contribution < -0.4 is 5.73 Å². The third-order valence-electron chi connectivity index (χ3n) is 4.05. The molecule has 1 aromatic rings. The average molecular weight is 299 g/mol. The van der Waals surface area contributed by atoms with Gasteiger partial charge < -0.3 is 10.3 Å². The summed E-state index contributed by atoms with van der Waals surface area (Å²) in [6, 6.07) is 1.72. The Morgan fingerprint density at radius 1 is 1.40 bits per heavy atom. The molecule has 0 saturated carbocycles. The van der Waals surface area contributed by atoms with Gasteiger partial charge in [0.2, 0.25) is 10.0 Å². The first-order valence-electron chi connectivity index (χ1n) is 7.25. The molecular weight excluding hydrogens is 274 g/mol. The third kappa shape index (κ3) is 2.64. The Bertz CT molecular complexity index is 575. The van der Waals surface area contributed by atoms with Crippen LogP contribution in [0.4, 0.5) is 0 Å². The summed E-state index contributed by atoms with van der Waals surface area (Å²) in [7, 11) is -3.42. The maximum atomic E-state index is 12.8. The van der Waals surface area contributed by atoms with Crippen LogP contribution in [-0.4, -0.2) is 29.4 Å². The van der Waals surface area contributed by atoms with Crippen LogP contribution in [0.5, 0.6) is 0 Å². The van der Waals surface area contributed by atoms with Gasteiger partial charge in [-0.2, -0.15) is 4.31 Å². The van der Waals surface area contributed by atoms with Crippen LogP contribution >= 0.6 is 0 Å². The zero-order valence-electron chi connectivity index (χ0n) is 12.6.